The summed E-state index contributed by atoms with van der Waals surface area (Å²) in [6.07, 6.45) is 0. The molecule has 0 aromatic heterocycles. The maximum absolute atomic E-state index is 12.3. The molecule has 34 heavy (non-hydrogen) atoms. The molecule has 2 unspecified atom stereocenters. The van der Waals surface area contributed by atoms with Gasteiger partial charge in [0, 0.05) is 43.3 Å². The first-order valence-corrected chi connectivity index (χ1v) is 16.9. The van der Waals surface area contributed by atoms with Crippen molar-refractivity contribution in [2.45, 2.75) is 34.1 Å². The summed E-state index contributed by atoms with van der Waals surface area (Å²) < 4.78 is 0. The van der Waals surface area contributed by atoms with E-state index in [1.54, 1.807) is 59.0 Å². The molecule has 0 aliphatic heterocycles. The predicted molar refractivity (Wildman–Crippen MR) is 162 cm³/mol. The predicted octanol–water partition coefficient (Wildman–Crippen LogP) is 8.36. The molecule has 2 rings (SSSR count). The van der Waals surface area contributed by atoms with Gasteiger partial charge < -0.3 is 0 Å². The highest BCUT2D eigenvalue weighted by atomic mass is 33.1. The van der Waals surface area contributed by atoms with Gasteiger partial charge in [0.05, 0.1) is 0 Å². The molecule has 2 nitrogen and oxygen atoms in total. The molecule has 0 bridgehead atoms. The van der Waals surface area contributed by atoms with E-state index >= 15 is 0 Å². The lowest BCUT2D eigenvalue weighted by molar-refractivity contribution is -0.108. The van der Waals surface area contributed by atoms with Crippen LogP contribution in [0.1, 0.15) is 13.8 Å². The highest BCUT2D eigenvalue weighted by Crippen LogP contribution is 2.35. The van der Waals surface area contributed by atoms with E-state index in [9.17, 15) is 9.59 Å². The Morgan fingerprint density at radius 3 is 1.32 bits per heavy atom. The SMILES string of the molecule is C=C(C)C(=O)SC(CSSCC(CSc1ccccc1)SC(=O)C(=C)C)CSc1ccccc1. The van der Waals surface area contributed by atoms with Crippen LogP contribution in [-0.2, 0) is 9.59 Å². The molecular weight excluding hydrogens is 537 g/mol. The summed E-state index contributed by atoms with van der Waals surface area (Å²) in [5.74, 6) is 3.42. The zero-order chi connectivity index (χ0) is 24.8. The maximum atomic E-state index is 12.3. The molecule has 2 atom stereocenters. The molecular formula is C26H30O2S6. The highest BCUT2D eigenvalue weighted by molar-refractivity contribution is 8.76. The van der Waals surface area contributed by atoms with E-state index < -0.39 is 0 Å². The van der Waals surface area contributed by atoms with Gasteiger partial charge in [-0.3, -0.25) is 9.59 Å². The first-order valence-electron chi connectivity index (χ1n) is 10.7. The van der Waals surface area contributed by atoms with Crippen LogP contribution in [0.5, 0.6) is 0 Å². The lowest BCUT2D eigenvalue weighted by Crippen LogP contribution is -2.15. The number of carbonyl (C=O) groups excluding carboxylic acids is 2. The van der Waals surface area contributed by atoms with E-state index in [-0.39, 0.29) is 20.7 Å². The largest absolute Gasteiger partial charge is 0.282 e. The fourth-order valence-electron chi connectivity index (χ4n) is 2.40. The molecule has 0 aliphatic carbocycles. The number of rotatable bonds is 15. The summed E-state index contributed by atoms with van der Waals surface area (Å²) in [4.78, 5) is 27.0. The second kappa shape index (κ2) is 16.9. The minimum Gasteiger partial charge on any atom is -0.282 e. The van der Waals surface area contributed by atoms with Gasteiger partial charge in [0.15, 0.2) is 0 Å². The molecule has 0 fully saturated rings. The van der Waals surface area contributed by atoms with Crippen LogP contribution in [0.15, 0.2) is 94.8 Å². The third-order valence-corrected chi connectivity index (χ3v) is 12.4. The highest BCUT2D eigenvalue weighted by Gasteiger charge is 2.19. The van der Waals surface area contributed by atoms with Crippen LogP contribution in [0, 0.1) is 0 Å². The monoisotopic (exact) mass is 566 g/mol. The average molecular weight is 567 g/mol. The number of carbonyl (C=O) groups is 2. The molecule has 0 radical (unpaired) electrons. The van der Waals surface area contributed by atoms with Gasteiger partial charge in [0.2, 0.25) is 10.2 Å². The summed E-state index contributed by atoms with van der Waals surface area (Å²) in [7, 11) is 3.56. The van der Waals surface area contributed by atoms with E-state index in [0.29, 0.717) is 11.1 Å². The number of hydrogen-bond donors (Lipinski definition) is 0. The molecule has 0 N–H and O–H groups in total. The van der Waals surface area contributed by atoms with Gasteiger partial charge in [-0.15, -0.1) is 23.5 Å². The molecule has 0 heterocycles. The lowest BCUT2D eigenvalue weighted by atomic mass is 10.4. The van der Waals surface area contributed by atoms with Crippen molar-refractivity contribution in [2.24, 2.45) is 0 Å². The Bertz CT molecular complexity index is 855. The van der Waals surface area contributed by atoms with Gasteiger partial charge in [0.25, 0.3) is 0 Å². The maximum Gasteiger partial charge on any atom is 0.214 e. The number of hydrogen-bond acceptors (Lipinski definition) is 8. The second-order valence-electron chi connectivity index (χ2n) is 7.43. The van der Waals surface area contributed by atoms with Crippen LogP contribution >= 0.6 is 68.6 Å². The first kappa shape index (κ1) is 29.6. The molecule has 0 amide bonds. The standard InChI is InChI=1S/C26H30O2S6/c1-19(2)25(27)33-23(15-29-21-11-7-5-8-12-21)17-31-32-18-24(34-26(28)20(3)4)16-30-22-13-9-6-10-14-22/h5-14,23-24H,1,3,15-18H2,2,4H3. The van der Waals surface area contributed by atoms with E-state index in [1.807, 2.05) is 36.4 Å². The molecule has 0 saturated carbocycles. The van der Waals surface area contributed by atoms with Gasteiger partial charge in [-0.25, -0.2) is 0 Å². The fraction of sp³-hybridized carbons (Fsp3) is 0.308. The topological polar surface area (TPSA) is 34.1 Å². The van der Waals surface area contributed by atoms with Crippen molar-refractivity contribution in [3.8, 4) is 0 Å². The third-order valence-electron chi connectivity index (χ3n) is 4.19. The molecule has 182 valence electrons. The minimum atomic E-state index is 0.0593. The summed E-state index contributed by atoms with van der Waals surface area (Å²) in [5, 5.41) is 0.496. The van der Waals surface area contributed by atoms with Gasteiger partial charge in [0.1, 0.15) is 0 Å². The number of thioether (sulfide) groups is 4. The molecule has 0 spiro atoms. The van der Waals surface area contributed by atoms with Crippen molar-refractivity contribution in [1.82, 2.24) is 0 Å². The van der Waals surface area contributed by atoms with Crippen LogP contribution in [0.2, 0.25) is 0 Å². The second-order valence-corrected chi connectivity index (χ2v) is 14.7. The zero-order valence-electron chi connectivity index (χ0n) is 19.4. The van der Waals surface area contributed by atoms with Crippen LogP contribution in [-0.4, -0.2) is 43.7 Å². The van der Waals surface area contributed by atoms with E-state index in [0.717, 1.165) is 23.0 Å². The Kier molecular flexibility index (Phi) is 14.7. The normalized spacial score (nSPS) is 12.6. The van der Waals surface area contributed by atoms with Crippen molar-refractivity contribution < 1.29 is 9.59 Å². The molecule has 8 heteroatoms. The van der Waals surface area contributed by atoms with E-state index in [2.05, 4.69) is 37.4 Å². The molecule has 2 aromatic carbocycles. The van der Waals surface area contributed by atoms with Crippen molar-refractivity contribution >= 4 is 78.9 Å². The summed E-state index contributed by atoms with van der Waals surface area (Å²) in [5.41, 5.74) is 1.18. The number of benzene rings is 2. The Hall–Kier alpha value is -0.640. The molecule has 0 aliphatic rings. The van der Waals surface area contributed by atoms with E-state index in [4.69, 9.17) is 0 Å². The third kappa shape index (κ3) is 12.4. The van der Waals surface area contributed by atoms with Crippen LogP contribution < -0.4 is 0 Å². The Morgan fingerprint density at radius 2 is 1.00 bits per heavy atom. The van der Waals surface area contributed by atoms with Crippen LogP contribution in [0.4, 0.5) is 0 Å². The van der Waals surface area contributed by atoms with Crippen molar-refractivity contribution in [3.05, 3.63) is 85.0 Å². The van der Waals surface area contributed by atoms with Crippen molar-refractivity contribution in [1.29, 1.82) is 0 Å². The van der Waals surface area contributed by atoms with Crippen molar-refractivity contribution in [3.63, 3.8) is 0 Å². The van der Waals surface area contributed by atoms with Gasteiger partial charge in [-0.05, 0) is 49.3 Å². The fourth-order valence-corrected chi connectivity index (χ4v) is 10.1. The van der Waals surface area contributed by atoms with Gasteiger partial charge in [-0.2, -0.15) is 0 Å². The summed E-state index contributed by atoms with van der Waals surface area (Å²) in [6, 6.07) is 20.5. The quantitative estimate of drug-likeness (QED) is 0.0920. The molecule has 2 aromatic rings. The average Bonchev–Trinajstić information content (AvgIpc) is 2.84. The van der Waals surface area contributed by atoms with Gasteiger partial charge in [-0.1, -0.05) is 94.7 Å². The first-order chi connectivity index (χ1) is 16.3. The minimum absolute atomic E-state index is 0.0593. The zero-order valence-corrected chi connectivity index (χ0v) is 24.3. The Labute approximate surface area is 229 Å². The Morgan fingerprint density at radius 1 is 0.647 bits per heavy atom. The van der Waals surface area contributed by atoms with Gasteiger partial charge >= 0.3 is 0 Å². The summed E-state index contributed by atoms with van der Waals surface area (Å²) in [6.45, 7) is 11.1. The van der Waals surface area contributed by atoms with Crippen LogP contribution in [0.3, 0.4) is 0 Å². The lowest BCUT2D eigenvalue weighted by Gasteiger charge is -2.17. The van der Waals surface area contributed by atoms with Crippen molar-refractivity contribution in [2.75, 3.05) is 23.0 Å². The Balaban J connectivity index is 1.87. The summed E-state index contributed by atoms with van der Waals surface area (Å²) >= 11 is 6.32. The molecule has 0 saturated heterocycles. The smallest absolute Gasteiger partial charge is 0.214 e. The van der Waals surface area contributed by atoms with Crippen LogP contribution in [0.25, 0.3) is 0 Å². The van der Waals surface area contributed by atoms with E-state index in [1.165, 1.54) is 33.3 Å².